The highest BCUT2D eigenvalue weighted by Gasteiger charge is 2.11. The Kier molecular flexibility index (Phi) is 10.9. The smallest absolute Gasteiger partial charge is 0.269 e. The number of hydrazine groups is 2. The van der Waals surface area contributed by atoms with E-state index in [9.17, 15) is 9.59 Å². The molecule has 0 aliphatic heterocycles. The van der Waals surface area contributed by atoms with Crippen LogP contribution in [0.4, 0.5) is 9.59 Å². The number of hydroxylamine groups is 2. The van der Waals surface area contributed by atoms with Crippen molar-refractivity contribution in [3.8, 4) is 0 Å². The zero-order chi connectivity index (χ0) is 14.7. The second-order valence-electron chi connectivity index (χ2n) is 2.54. The molecule has 0 saturated heterocycles. The lowest BCUT2D eigenvalue weighted by Gasteiger charge is -2.15. The molecule has 0 saturated carbocycles. The van der Waals surface area contributed by atoms with Crippen LogP contribution in [-0.2, 0) is 9.68 Å². The first kappa shape index (κ1) is 18.4. The van der Waals surface area contributed by atoms with Gasteiger partial charge in [0.2, 0.25) is 0 Å². The van der Waals surface area contributed by atoms with E-state index in [0.717, 1.165) is 31.8 Å². The van der Waals surface area contributed by atoms with Crippen LogP contribution >= 0.6 is 31.8 Å². The van der Waals surface area contributed by atoms with Gasteiger partial charge in [-0.25, -0.2) is 21.3 Å². The summed E-state index contributed by atoms with van der Waals surface area (Å²) in [5.74, 6) is 10.4. The number of rotatable bonds is 8. The molecule has 10 nitrogen and oxygen atoms in total. The van der Waals surface area contributed by atoms with Gasteiger partial charge in [-0.2, -0.15) is 0 Å². The van der Waals surface area contributed by atoms with E-state index in [1.54, 1.807) is 13.8 Å². The molecule has 112 valence electrons. The Morgan fingerprint density at radius 2 is 1.37 bits per heavy atom. The molecule has 19 heavy (non-hydrogen) atoms. The molecular weight excluding hydrogens is 316 g/mol. The predicted molar refractivity (Wildman–Crippen MR) is 75.1 cm³/mol. The van der Waals surface area contributed by atoms with Crippen molar-refractivity contribution in [2.24, 2.45) is 11.7 Å². The zero-order valence-corrected chi connectivity index (χ0v) is 12.8. The molecule has 0 aromatic rings. The van der Waals surface area contributed by atoms with E-state index >= 15 is 0 Å². The van der Waals surface area contributed by atoms with Gasteiger partial charge >= 0.3 is 12.1 Å². The summed E-state index contributed by atoms with van der Waals surface area (Å²) in [6.45, 7) is 3.93. The molecule has 0 unspecified atom stereocenters. The average molecular weight is 332 g/mol. The topological polar surface area (TPSA) is 135 Å². The molecule has 0 atom stereocenters. The first-order valence-corrected chi connectivity index (χ1v) is 8.45. The Bertz CT molecular complexity index is 260. The average Bonchev–Trinajstić information content (AvgIpc) is 2.38. The molecule has 0 bridgehead atoms. The van der Waals surface area contributed by atoms with Gasteiger partial charge in [-0.1, -0.05) is 0 Å². The van der Waals surface area contributed by atoms with Crippen LogP contribution < -0.4 is 21.1 Å². The molecular formula is C6H16N6O4S3. The molecule has 0 aromatic heterocycles. The Balaban J connectivity index is 3.59. The fraction of sp³-hybridized carbons (Fsp3) is 0.667. The van der Waals surface area contributed by atoms with Crippen molar-refractivity contribution in [1.29, 1.82) is 0 Å². The van der Waals surface area contributed by atoms with Gasteiger partial charge < -0.3 is 0 Å². The maximum Gasteiger partial charge on any atom is 0.367 e. The van der Waals surface area contributed by atoms with E-state index in [0.29, 0.717) is 10.3 Å². The Hall–Kier alpha value is -0.570. The maximum atomic E-state index is 11.2. The number of carbonyl (C=O) groups excluding carboxylic acids is 2. The largest absolute Gasteiger partial charge is 0.367 e. The molecule has 4 amide bonds. The molecule has 0 heterocycles. The molecule has 0 aliphatic carbocycles. The van der Waals surface area contributed by atoms with Crippen LogP contribution in [0.3, 0.4) is 0 Å². The molecule has 6 N–H and O–H groups in total. The van der Waals surface area contributed by atoms with Crippen LogP contribution in [0.5, 0.6) is 0 Å². The number of urea groups is 2. The van der Waals surface area contributed by atoms with Crippen molar-refractivity contribution < 1.29 is 19.3 Å². The van der Waals surface area contributed by atoms with Crippen LogP contribution in [0.15, 0.2) is 0 Å². The summed E-state index contributed by atoms with van der Waals surface area (Å²) in [4.78, 5) is 31.9. The van der Waals surface area contributed by atoms with Gasteiger partial charge in [0.25, 0.3) is 0 Å². The first-order chi connectivity index (χ1) is 9.02. The summed E-state index contributed by atoms with van der Waals surface area (Å²) in [5.41, 5.74) is 0. The fourth-order valence-corrected chi connectivity index (χ4v) is 2.68. The number of amides is 4. The predicted octanol–water partition coefficient (Wildman–Crippen LogP) is 0.520. The van der Waals surface area contributed by atoms with Crippen molar-refractivity contribution in [3.05, 3.63) is 0 Å². The fourth-order valence-electron chi connectivity index (χ4n) is 0.608. The number of carbonyl (C=O) groups is 2. The summed E-state index contributed by atoms with van der Waals surface area (Å²) < 4.78 is 4.73. The van der Waals surface area contributed by atoms with Gasteiger partial charge in [-0.3, -0.25) is 19.1 Å². The second-order valence-corrected chi connectivity index (χ2v) is 6.05. The molecule has 0 spiro atoms. The molecule has 0 rings (SSSR count). The van der Waals surface area contributed by atoms with E-state index in [-0.39, 0.29) is 13.2 Å². The minimum atomic E-state index is -0.624. The van der Waals surface area contributed by atoms with E-state index in [4.69, 9.17) is 21.4 Å². The van der Waals surface area contributed by atoms with Crippen LogP contribution in [0.2, 0.25) is 0 Å². The SMILES string of the molecule is CCON(N)C(=O)NSSSNC(=O)N(N)OCC. The number of nitrogens with zero attached hydrogens (tertiary/aromatic N) is 2. The van der Waals surface area contributed by atoms with E-state index in [2.05, 4.69) is 9.44 Å². The number of nitrogens with two attached hydrogens (primary N) is 2. The van der Waals surface area contributed by atoms with Crippen molar-refractivity contribution in [1.82, 2.24) is 19.8 Å². The van der Waals surface area contributed by atoms with Crippen LogP contribution in [0, 0.1) is 0 Å². The molecule has 13 heteroatoms. The standard InChI is InChI=1S/C6H16N6O4S3/c1-3-15-11(7)5(13)9-17-19-18-10-6(14)12(8)16-4-2/h3-4,7-8H2,1-2H3,(H,9,13)(H,10,14). The third-order valence-corrected chi connectivity index (χ3v) is 4.05. The number of nitrogens with one attached hydrogen (secondary N) is 2. The second kappa shape index (κ2) is 11.3. The Labute approximate surface area is 122 Å². The molecule has 0 aliphatic rings. The lowest BCUT2D eigenvalue weighted by Crippen LogP contribution is -2.42. The van der Waals surface area contributed by atoms with Gasteiger partial charge in [-0.15, -0.1) is 10.3 Å². The first-order valence-electron chi connectivity index (χ1n) is 4.97. The molecule has 0 aromatic carbocycles. The molecule has 0 radical (unpaired) electrons. The minimum Gasteiger partial charge on any atom is -0.269 e. The summed E-state index contributed by atoms with van der Waals surface area (Å²) in [5, 5.41) is 1.15. The summed E-state index contributed by atoms with van der Waals surface area (Å²) >= 11 is 0. The van der Waals surface area contributed by atoms with Crippen molar-refractivity contribution >= 4 is 43.8 Å². The summed E-state index contributed by atoms with van der Waals surface area (Å²) in [6, 6.07) is -1.25. The maximum absolute atomic E-state index is 11.2. The van der Waals surface area contributed by atoms with Crippen molar-refractivity contribution in [3.63, 3.8) is 0 Å². The highest BCUT2D eigenvalue weighted by Crippen LogP contribution is 2.29. The van der Waals surface area contributed by atoms with E-state index in [1.165, 1.54) is 0 Å². The number of hydrogen-bond donors (Lipinski definition) is 4. The highest BCUT2D eigenvalue weighted by atomic mass is 33.5. The quantitative estimate of drug-likeness (QED) is 0.125. The monoisotopic (exact) mass is 332 g/mol. The Morgan fingerprint density at radius 3 is 1.68 bits per heavy atom. The van der Waals surface area contributed by atoms with Gasteiger partial charge in [0.05, 0.1) is 13.2 Å². The van der Waals surface area contributed by atoms with Gasteiger partial charge in [-0.05, 0) is 13.8 Å². The lowest BCUT2D eigenvalue weighted by molar-refractivity contribution is -0.112. The van der Waals surface area contributed by atoms with Gasteiger partial charge in [0, 0.05) is 31.8 Å². The van der Waals surface area contributed by atoms with Crippen LogP contribution in [0.1, 0.15) is 13.8 Å². The number of hydrogen-bond acceptors (Lipinski definition) is 9. The highest BCUT2D eigenvalue weighted by molar-refractivity contribution is 9.08. The summed E-state index contributed by atoms with van der Waals surface area (Å²) in [6.07, 6.45) is 0. The van der Waals surface area contributed by atoms with Crippen LogP contribution in [0.25, 0.3) is 0 Å². The van der Waals surface area contributed by atoms with Crippen molar-refractivity contribution in [2.75, 3.05) is 13.2 Å². The normalized spacial score (nSPS) is 9.89. The van der Waals surface area contributed by atoms with Gasteiger partial charge in [0.1, 0.15) is 0 Å². The van der Waals surface area contributed by atoms with Crippen molar-refractivity contribution in [2.45, 2.75) is 13.8 Å². The minimum absolute atomic E-state index is 0.274. The lowest BCUT2D eigenvalue weighted by atomic mass is 10.9. The van der Waals surface area contributed by atoms with Crippen LogP contribution in [-0.4, -0.2) is 35.6 Å². The van der Waals surface area contributed by atoms with Gasteiger partial charge in [0.15, 0.2) is 0 Å². The zero-order valence-electron chi connectivity index (χ0n) is 10.3. The third kappa shape index (κ3) is 9.04. The molecule has 0 fully saturated rings. The van der Waals surface area contributed by atoms with E-state index in [1.807, 2.05) is 0 Å². The van der Waals surface area contributed by atoms with E-state index < -0.39 is 12.1 Å². The summed E-state index contributed by atoms with van der Waals surface area (Å²) in [7, 11) is 2.97. The Morgan fingerprint density at radius 1 is 1.00 bits per heavy atom. The third-order valence-electron chi connectivity index (χ3n) is 1.26.